The molecule has 1 N–H and O–H groups in total. The van der Waals surface area contributed by atoms with E-state index in [1.54, 1.807) is 24.3 Å². The van der Waals surface area contributed by atoms with Gasteiger partial charge in [0.05, 0.1) is 6.04 Å². The van der Waals surface area contributed by atoms with Crippen LogP contribution in [0.2, 0.25) is 5.02 Å². The Morgan fingerprint density at radius 3 is 2.43 bits per heavy atom. The van der Waals surface area contributed by atoms with Crippen LogP contribution in [-0.4, -0.2) is 12.5 Å². The molecule has 1 atom stereocenters. The Labute approximate surface area is 86.1 Å². The predicted molar refractivity (Wildman–Crippen MR) is 51.8 cm³/mol. The molecule has 1 aliphatic rings. The van der Waals surface area contributed by atoms with Crippen LogP contribution in [0.5, 0.6) is 0 Å². The molecule has 1 saturated heterocycles. The topological polar surface area (TPSA) is 12.0 Å². The monoisotopic (exact) mass is 217 g/mol. The zero-order chi connectivity index (χ0) is 10.2. The minimum atomic E-state index is -2.65. The normalized spacial score (nSPS) is 25.2. The second-order valence-corrected chi connectivity index (χ2v) is 3.89. The highest BCUT2D eigenvalue weighted by Crippen LogP contribution is 2.38. The maximum atomic E-state index is 13.3. The Hall–Kier alpha value is -0.670. The van der Waals surface area contributed by atoms with Gasteiger partial charge in [0, 0.05) is 18.0 Å². The Balaban J connectivity index is 2.27. The van der Waals surface area contributed by atoms with E-state index in [1.165, 1.54) is 0 Å². The predicted octanol–water partition coefficient (Wildman–Crippen LogP) is 3.01. The molecule has 14 heavy (non-hydrogen) atoms. The molecule has 1 aliphatic heterocycles. The lowest BCUT2D eigenvalue weighted by Gasteiger charge is -2.19. The summed E-state index contributed by atoms with van der Waals surface area (Å²) in [6, 6.07) is 5.68. The molecule has 1 nitrogen and oxygen atoms in total. The standard InChI is InChI=1S/C10H10ClF2N/c11-8-3-1-7(2-4-8)9-10(12,13)5-6-14-9/h1-4,9,14H,5-6H2. The third-order valence-corrected chi connectivity index (χ3v) is 2.68. The van der Waals surface area contributed by atoms with E-state index in [9.17, 15) is 8.78 Å². The first-order valence-corrected chi connectivity index (χ1v) is 4.84. The van der Waals surface area contributed by atoms with Gasteiger partial charge in [-0.1, -0.05) is 23.7 Å². The van der Waals surface area contributed by atoms with E-state index in [-0.39, 0.29) is 6.42 Å². The van der Waals surface area contributed by atoms with Crippen molar-refractivity contribution in [2.45, 2.75) is 18.4 Å². The van der Waals surface area contributed by atoms with Crippen molar-refractivity contribution >= 4 is 11.6 Å². The number of hydrogen-bond donors (Lipinski definition) is 1. The van der Waals surface area contributed by atoms with Crippen molar-refractivity contribution in [3.8, 4) is 0 Å². The number of alkyl halides is 2. The fourth-order valence-corrected chi connectivity index (χ4v) is 1.82. The second-order valence-electron chi connectivity index (χ2n) is 3.45. The van der Waals surface area contributed by atoms with E-state index in [0.717, 1.165) is 0 Å². The molecule has 1 aromatic rings. The Kier molecular flexibility index (Phi) is 2.45. The quantitative estimate of drug-likeness (QED) is 0.763. The first kappa shape index (κ1) is 9.87. The van der Waals surface area contributed by atoms with Crippen molar-refractivity contribution in [2.24, 2.45) is 0 Å². The molecule has 2 rings (SSSR count). The third-order valence-electron chi connectivity index (χ3n) is 2.43. The fourth-order valence-electron chi connectivity index (χ4n) is 1.69. The van der Waals surface area contributed by atoms with Crippen LogP contribution in [-0.2, 0) is 0 Å². The lowest BCUT2D eigenvalue weighted by atomic mass is 10.0. The molecule has 76 valence electrons. The number of rotatable bonds is 1. The molecule has 0 amide bonds. The molecule has 1 fully saturated rings. The Bertz CT molecular complexity index is 323. The number of hydrogen-bond acceptors (Lipinski definition) is 1. The molecular formula is C10H10ClF2N. The van der Waals surface area contributed by atoms with Gasteiger partial charge >= 0.3 is 0 Å². The first-order valence-electron chi connectivity index (χ1n) is 4.46. The molecule has 4 heteroatoms. The highest BCUT2D eigenvalue weighted by Gasteiger charge is 2.44. The van der Waals surface area contributed by atoms with Gasteiger partial charge in [-0.05, 0) is 17.7 Å². The Morgan fingerprint density at radius 2 is 1.93 bits per heavy atom. The van der Waals surface area contributed by atoms with Crippen molar-refractivity contribution in [3.63, 3.8) is 0 Å². The minimum absolute atomic E-state index is 0.0969. The third kappa shape index (κ3) is 1.74. The molecule has 0 spiro atoms. The zero-order valence-corrected chi connectivity index (χ0v) is 8.19. The summed E-state index contributed by atoms with van der Waals surface area (Å²) in [6.07, 6.45) is -0.0969. The molecular weight excluding hydrogens is 208 g/mol. The maximum absolute atomic E-state index is 13.3. The number of nitrogens with one attached hydrogen (secondary N) is 1. The van der Waals surface area contributed by atoms with Gasteiger partial charge in [0.2, 0.25) is 0 Å². The van der Waals surface area contributed by atoms with E-state index in [0.29, 0.717) is 17.1 Å². The zero-order valence-electron chi connectivity index (χ0n) is 7.43. The van der Waals surface area contributed by atoms with Crippen LogP contribution in [0.1, 0.15) is 18.0 Å². The second kappa shape index (κ2) is 3.48. The van der Waals surface area contributed by atoms with Gasteiger partial charge in [0.25, 0.3) is 5.92 Å². The molecule has 1 heterocycles. The molecule has 0 saturated carbocycles. The molecule has 0 bridgehead atoms. The van der Waals surface area contributed by atoms with Crippen LogP contribution >= 0.6 is 11.6 Å². The molecule has 0 radical (unpaired) electrons. The average Bonchev–Trinajstić information content (AvgIpc) is 2.47. The summed E-state index contributed by atoms with van der Waals surface area (Å²) < 4.78 is 26.6. The molecule has 0 aromatic heterocycles. The number of halogens is 3. The number of benzene rings is 1. The highest BCUT2D eigenvalue weighted by atomic mass is 35.5. The van der Waals surface area contributed by atoms with Crippen LogP contribution in [0.4, 0.5) is 8.78 Å². The van der Waals surface area contributed by atoms with E-state index >= 15 is 0 Å². The molecule has 0 aliphatic carbocycles. The highest BCUT2D eigenvalue weighted by molar-refractivity contribution is 6.30. The van der Waals surface area contributed by atoms with Gasteiger partial charge in [-0.25, -0.2) is 8.78 Å². The lowest BCUT2D eigenvalue weighted by Crippen LogP contribution is -2.26. The summed E-state index contributed by atoms with van der Waals surface area (Å²) in [4.78, 5) is 0. The largest absolute Gasteiger partial charge is 0.305 e. The fraction of sp³-hybridized carbons (Fsp3) is 0.400. The van der Waals surface area contributed by atoms with Crippen molar-refractivity contribution in [1.82, 2.24) is 5.32 Å². The Morgan fingerprint density at radius 1 is 1.29 bits per heavy atom. The summed E-state index contributed by atoms with van der Waals surface area (Å²) in [5.74, 6) is -2.65. The van der Waals surface area contributed by atoms with E-state index < -0.39 is 12.0 Å². The SMILES string of the molecule is FC1(F)CCNC1c1ccc(Cl)cc1. The maximum Gasteiger partial charge on any atom is 0.268 e. The van der Waals surface area contributed by atoms with Gasteiger partial charge in [-0.3, -0.25) is 0 Å². The smallest absolute Gasteiger partial charge is 0.268 e. The molecule has 1 aromatic carbocycles. The van der Waals surface area contributed by atoms with E-state index in [2.05, 4.69) is 5.32 Å². The summed E-state index contributed by atoms with van der Waals surface area (Å²) in [5, 5.41) is 3.35. The van der Waals surface area contributed by atoms with Crippen LogP contribution in [0, 0.1) is 0 Å². The van der Waals surface area contributed by atoms with Gasteiger partial charge in [-0.15, -0.1) is 0 Å². The van der Waals surface area contributed by atoms with Crippen LogP contribution < -0.4 is 5.32 Å². The van der Waals surface area contributed by atoms with Gasteiger partial charge in [0.15, 0.2) is 0 Å². The van der Waals surface area contributed by atoms with Gasteiger partial charge in [-0.2, -0.15) is 0 Å². The van der Waals surface area contributed by atoms with E-state index in [4.69, 9.17) is 11.6 Å². The average molecular weight is 218 g/mol. The van der Waals surface area contributed by atoms with Crippen LogP contribution in [0.3, 0.4) is 0 Å². The summed E-state index contributed by atoms with van der Waals surface area (Å²) >= 11 is 5.68. The lowest BCUT2D eigenvalue weighted by molar-refractivity contribution is -0.0116. The van der Waals surface area contributed by atoms with E-state index in [1.807, 2.05) is 0 Å². The van der Waals surface area contributed by atoms with Crippen LogP contribution in [0.25, 0.3) is 0 Å². The minimum Gasteiger partial charge on any atom is -0.305 e. The summed E-state index contributed by atoms with van der Waals surface area (Å²) in [5.41, 5.74) is 0.594. The van der Waals surface area contributed by atoms with Crippen LogP contribution in [0.15, 0.2) is 24.3 Å². The van der Waals surface area contributed by atoms with Crippen molar-refractivity contribution in [1.29, 1.82) is 0 Å². The summed E-state index contributed by atoms with van der Waals surface area (Å²) in [7, 11) is 0. The van der Waals surface area contributed by atoms with Gasteiger partial charge < -0.3 is 5.32 Å². The van der Waals surface area contributed by atoms with Crippen molar-refractivity contribution < 1.29 is 8.78 Å². The van der Waals surface area contributed by atoms with Crippen molar-refractivity contribution in [2.75, 3.05) is 6.54 Å². The van der Waals surface area contributed by atoms with Gasteiger partial charge in [0.1, 0.15) is 0 Å². The molecule has 1 unspecified atom stereocenters. The summed E-state index contributed by atoms with van der Waals surface area (Å²) in [6.45, 7) is 0.361. The van der Waals surface area contributed by atoms with Crippen molar-refractivity contribution in [3.05, 3.63) is 34.9 Å². The first-order chi connectivity index (χ1) is 6.59.